The maximum absolute atomic E-state index is 12.8. The summed E-state index contributed by atoms with van der Waals surface area (Å²) >= 11 is 0. The van der Waals surface area contributed by atoms with E-state index in [1.54, 1.807) is 0 Å². The van der Waals surface area contributed by atoms with E-state index in [1.165, 1.54) is 0 Å². The fraction of sp³-hybridized carbons (Fsp3) is 0.238. The lowest BCUT2D eigenvalue weighted by atomic mass is 10.1. The predicted molar refractivity (Wildman–Crippen MR) is 101 cm³/mol. The monoisotopic (exact) mass is 401 g/mol. The van der Waals surface area contributed by atoms with E-state index < -0.39 is 17.6 Å². The molecule has 0 atom stereocenters. The molecule has 0 bridgehead atoms. The fourth-order valence-electron chi connectivity index (χ4n) is 3.30. The van der Waals surface area contributed by atoms with Gasteiger partial charge in [0, 0.05) is 26.1 Å². The number of alkyl halides is 3. The maximum Gasteiger partial charge on any atom is 0.449 e. The van der Waals surface area contributed by atoms with E-state index in [0.29, 0.717) is 30.8 Å². The van der Waals surface area contributed by atoms with Gasteiger partial charge in [0.2, 0.25) is 5.82 Å². The third kappa shape index (κ3) is 4.48. The van der Waals surface area contributed by atoms with Gasteiger partial charge >= 0.3 is 6.18 Å². The van der Waals surface area contributed by atoms with Crippen LogP contribution < -0.4 is 10.3 Å². The Bertz CT molecular complexity index is 1050. The van der Waals surface area contributed by atoms with E-state index in [9.17, 15) is 18.0 Å². The van der Waals surface area contributed by atoms with Gasteiger partial charge < -0.3 is 9.72 Å². The molecule has 2 heterocycles. The van der Waals surface area contributed by atoms with Crippen molar-refractivity contribution in [3.8, 4) is 11.5 Å². The summed E-state index contributed by atoms with van der Waals surface area (Å²) in [6, 6.07) is 17.0. The van der Waals surface area contributed by atoms with Crippen molar-refractivity contribution in [3.63, 3.8) is 0 Å². The molecule has 0 saturated carbocycles. The Morgan fingerprint density at radius 3 is 2.41 bits per heavy atom. The third-order valence-electron chi connectivity index (χ3n) is 4.72. The zero-order valence-corrected chi connectivity index (χ0v) is 15.4. The number of aromatic nitrogens is 2. The van der Waals surface area contributed by atoms with Crippen LogP contribution in [-0.4, -0.2) is 21.4 Å². The topological polar surface area (TPSA) is 58.2 Å². The van der Waals surface area contributed by atoms with Gasteiger partial charge in [-0.1, -0.05) is 30.3 Å². The maximum atomic E-state index is 12.8. The Hall–Kier alpha value is -3.13. The smallest absolute Gasteiger partial charge is 0.449 e. The number of nitrogens with one attached hydrogen (secondary N) is 1. The Balaban J connectivity index is 1.43. The summed E-state index contributed by atoms with van der Waals surface area (Å²) < 4.78 is 44.2. The molecule has 5 nitrogen and oxygen atoms in total. The molecule has 0 saturated heterocycles. The first-order valence-corrected chi connectivity index (χ1v) is 9.12. The largest absolute Gasteiger partial charge is 0.457 e. The predicted octanol–water partition coefficient (Wildman–Crippen LogP) is 4.14. The molecule has 0 amide bonds. The highest BCUT2D eigenvalue weighted by Gasteiger charge is 2.35. The number of para-hydroxylation sites is 1. The number of H-pyrrole nitrogens is 1. The van der Waals surface area contributed by atoms with Crippen molar-refractivity contribution in [1.82, 2.24) is 14.9 Å². The number of hydrogen-bond acceptors (Lipinski definition) is 4. The van der Waals surface area contributed by atoms with E-state index in [2.05, 4.69) is 4.98 Å². The molecule has 29 heavy (non-hydrogen) atoms. The number of ether oxygens (including phenoxy) is 1. The average Bonchev–Trinajstić information content (AvgIpc) is 2.70. The van der Waals surface area contributed by atoms with Crippen LogP contribution >= 0.6 is 0 Å². The average molecular weight is 401 g/mol. The Morgan fingerprint density at radius 2 is 1.72 bits per heavy atom. The molecule has 8 heteroatoms. The molecule has 150 valence electrons. The van der Waals surface area contributed by atoms with Crippen LogP contribution in [0.2, 0.25) is 0 Å². The Kier molecular flexibility index (Phi) is 5.10. The fourth-order valence-corrected chi connectivity index (χ4v) is 3.30. The molecule has 1 aliphatic heterocycles. The molecule has 0 aliphatic carbocycles. The summed E-state index contributed by atoms with van der Waals surface area (Å²) in [6.45, 7) is 1.37. The third-order valence-corrected chi connectivity index (χ3v) is 4.72. The lowest BCUT2D eigenvalue weighted by molar-refractivity contribution is -0.145. The minimum atomic E-state index is -4.66. The first kappa shape index (κ1) is 19.2. The van der Waals surface area contributed by atoms with Gasteiger partial charge in [-0.15, -0.1) is 0 Å². The van der Waals surface area contributed by atoms with Crippen LogP contribution in [0.25, 0.3) is 0 Å². The van der Waals surface area contributed by atoms with Crippen molar-refractivity contribution in [3.05, 3.63) is 87.6 Å². The van der Waals surface area contributed by atoms with E-state index in [0.717, 1.165) is 11.3 Å². The Morgan fingerprint density at radius 1 is 1.03 bits per heavy atom. The zero-order chi connectivity index (χ0) is 20.4. The second-order valence-corrected chi connectivity index (χ2v) is 6.86. The van der Waals surface area contributed by atoms with Crippen molar-refractivity contribution < 1.29 is 17.9 Å². The number of halogens is 3. The van der Waals surface area contributed by atoms with Crippen LogP contribution in [0.1, 0.15) is 22.6 Å². The van der Waals surface area contributed by atoms with E-state index >= 15 is 0 Å². The second-order valence-electron chi connectivity index (χ2n) is 6.86. The van der Waals surface area contributed by atoms with Crippen LogP contribution in [-0.2, 0) is 25.7 Å². The first-order chi connectivity index (χ1) is 13.9. The summed E-state index contributed by atoms with van der Waals surface area (Å²) in [5.41, 5.74) is 0.820. The van der Waals surface area contributed by atoms with Crippen LogP contribution in [0, 0.1) is 0 Å². The molecule has 0 spiro atoms. The molecular weight excluding hydrogens is 383 g/mol. The van der Waals surface area contributed by atoms with Gasteiger partial charge in [-0.3, -0.25) is 9.69 Å². The summed E-state index contributed by atoms with van der Waals surface area (Å²) in [5, 5.41) is 0. The minimum absolute atomic E-state index is 0.226. The van der Waals surface area contributed by atoms with Crippen molar-refractivity contribution >= 4 is 0 Å². The first-order valence-electron chi connectivity index (χ1n) is 9.12. The van der Waals surface area contributed by atoms with Crippen molar-refractivity contribution in [2.24, 2.45) is 0 Å². The van der Waals surface area contributed by atoms with Gasteiger partial charge in [-0.25, -0.2) is 4.98 Å². The van der Waals surface area contributed by atoms with E-state index in [1.807, 2.05) is 64.5 Å². The number of aromatic amines is 1. The summed E-state index contributed by atoms with van der Waals surface area (Å²) in [4.78, 5) is 19.6. The number of hydrogen-bond donors (Lipinski definition) is 1. The van der Waals surface area contributed by atoms with Crippen molar-refractivity contribution in [1.29, 1.82) is 0 Å². The molecule has 1 aromatic heterocycles. The highest BCUT2D eigenvalue weighted by atomic mass is 19.4. The van der Waals surface area contributed by atoms with E-state index in [-0.39, 0.29) is 12.2 Å². The summed E-state index contributed by atoms with van der Waals surface area (Å²) in [6.07, 6.45) is -4.35. The SMILES string of the molecule is O=c1[nH]c(C(F)(F)F)nc2c1CN(Cc1ccc(Oc3ccccc3)cc1)CC2. The zero-order valence-electron chi connectivity index (χ0n) is 15.4. The highest BCUT2D eigenvalue weighted by Crippen LogP contribution is 2.27. The number of rotatable bonds is 4. The molecular formula is C21H18F3N3O2. The van der Waals surface area contributed by atoms with E-state index in [4.69, 9.17) is 4.74 Å². The number of benzene rings is 2. The molecule has 1 aliphatic rings. The van der Waals surface area contributed by atoms with Gasteiger partial charge in [-0.2, -0.15) is 13.2 Å². The quantitative estimate of drug-likeness (QED) is 0.714. The normalized spacial score (nSPS) is 14.4. The summed E-state index contributed by atoms with van der Waals surface area (Å²) in [5.74, 6) is 0.228. The molecule has 0 unspecified atom stereocenters. The van der Waals surface area contributed by atoms with Crippen LogP contribution in [0.3, 0.4) is 0 Å². The van der Waals surface area contributed by atoms with Crippen LogP contribution in [0.4, 0.5) is 13.2 Å². The number of nitrogens with zero attached hydrogens (tertiary/aromatic N) is 2. The summed E-state index contributed by atoms with van der Waals surface area (Å²) in [7, 11) is 0. The molecule has 1 N–H and O–H groups in total. The van der Waals surface area contributed by atoms with Gasteiger partial charge in [0.15, 0.2) is 0 Å². The van der Waals surface area contributed by atoms with Gasteiger partial charge in [0.05, 0.1) is 11.3 Å². The molecule has 3 aromatic rings. The van der Waals surface area contributed by atoms with Crippen molar-refractivity contribution in [2.75, 3.05) is 6.54 Å². The molecule has 0 radical (unpaired) electrons. The van der Waals surface area contributed by atoms with Crippen LogP contribution in [0.5, 0.6) is 11.5 Å². The van der Waals surface area contributed by atoms with Crippen LogP contribution in [0.15, 0.2) is 59.4 Å². The van der Waals surface area contributed by atoms with Gasteiger partial charge in [-0.05, 0) is 29.8 Å². The molecule has 4 rings (SSSR count). The Labute approximate surface area is 164 Å². The van der Waals surface area contributed by atoms with Gasteiger partial charge in [0.25, 0.3) is 5.56 Å². The molecule has 2 aromatic carbocycles. The minimum Gasteiger partial charge on any atom is -0.457 e. The van der Waals surface area contributed by atoms with Gasteiger partial charge in [0.1, 0.15) is 11.5 Å². The number of fused-ring (bicyclic) bond motifs is 1. The molecule has 0 fully saturated rings. The lowest BCUT2D eigenvalue weighted by Gasteiger charge is -2.27. The second kappa shape index (κ2) is 7.71. The van der Waals surface area contributed by atoms with Crippen molar-refractivity contribution in [2.45, 2.75) is 25.7 Å². The standard InChI is InChI=1S/C21H18F3N3O2/c22-21(23,24)20-25-18-10-11-27(13-17(18)19(28)26-20)12-14-6-8-16(9-7-14)29-15-4-2-1-3-5-15/h1-9H,10-13H2,(H,25,26,28). The highest BCUT2D eigenvalue weighted by molar-refractivity contribution is 5.33. The lowest BCUT2D eigenvalue weighted by Crippen LogP contribution is -2.36.